The maximum Gasteiger partial charge on any atom is 0.308 e. The summed E-state index contributed by atoms with van der Waals surface area (Å²) >= 11 is 11.9. The van der Waals surface area contributed by atoms with E-state index in [0.717, 1.165) is 17.1 Å². The summed E-state index contributed by atoms with van der Waals surface area (Å²) in [7, 11) is -2.73. The summed E-state index contributed by atoms with van der Waals surface area (Å²) in [6, 6.07) is 2.43. The molecule has 7 nitrogen and oxygen atoms in total. The number of likely N-dealkylation sites (N-methyl/N-ethyl adjacent to an activating group) is 1. The van der Waals surface area contributed by atoms with Crippen LogP contribution in [0.15, 0.2) is 23.1 Å². The van der Waals surface area contributed by atoms with Crippen LogP contribution in [-0.2, 0) is 19.6 Å². The molecule has 0 aliphatic heterocycles. The van der Waals surface area contributed by atoms with Crippen molar-refractivity contribution in [3.05, 3.63) is 28.2 Å². The van der Waals surface area contributed by atoms with Crippen LogP contribution in [0.4, 0.5) is 0 Å². The summed E-state index contributed by atoms with van der Waals surface area (Å²) in [5.41, 5.74) is 0. The van der Waals surface area contributed by atoms with Crippen molar-refractivity contribution in [1.29, 1.82) is 0 Å². The number of hydrogen-bond donors (Lipinski definition) is 2. The molecular formula is C19H26Cl2N2O5S. The first-order valence-corrected chi connectivity index (χ1v) is 11.6. The number of aliphatic carboxylic acids is 1. The first-order valence-electron chi connectivity index (χ1n) is 9.42. The molecule has 1 amide bonds. The minimum absolute atomic E-state index is 0.114. The molecule has 1 aromatic rings. The van der Waals surface area contributed by atoms with E-state index in [2.05, 4.69) is 5.32 Å². The zero-order valence-electron chi connectivity index (χ0n) is 16.6. The topological polar surface area (TPSA) is 104 Å². The predicted molar refractivity (Wildman–Crippen MR) is 112 cm³/mol. The van der Waals surface area contributed by atoms with E-state index in [9.17, 15) is 23.1 Å². The van der Waals surface area contributed by atoms with Gasteiger partial charge in [0.2, 0.25) is 15.9 Å². The second kappa shape index (κ2) is 9.64. The summed E-state index contributed by atoms with van der Waals surface area (Å²) in [5, 5.41) is 12.5. The molecule has 2 rings (SSSR count). The number of carboxylic acid groups (broad SMARTS) is 1. The quantitative estimate of drug-likeness (QED) is 0.643. The van der Waals surface area contributed by atoms with Crippen molar-refractivity contribution >= 4 is 45.1 Å². The Morgan fingerprint density at radius 1 is 1.14 bits per heavy atom. The van der Waals surface area contributed by atoms with Gasteiger partial charge in [0.25, 0.3) is 0 Å². The van der Waals surface area contributed by atoms with Gasteiger partial charge in [-0.1, -0.05) is 49.9 Å². The van der Waals surface area contributed by atoms with Crippen molar-refractivity contribution in [2.24, 2.45) is 11.8 Å². The summed E-state index contributed by atoms with van der Waals surface area (Å²) in [6.07, 6.45) is 2.65. The van der Waals surface area contributed by atoms with Crippen molar-refractivity contribution in [3.63, 3.8) is 0 Å². The average molecular weight is 465 g/mol. The van der Waals surface area contributed by atoms with Gasteiger partial charge in [0, 0.05) is 23.1 Å². The Morgan fingerprint density at radius 3 is 2.21 bits per heavy atom. The molecule has 1 fully saturated rings. The van der Waals surface area contributed by atoms with Gasteiger partial charge < -0.3 is 10.4 Å². The molecule has 3 atom stereocenters. The minimum atomic E-state index is -4.06. The summed E-state index contributed by atoms with van der Waals surface area (Å²) in [4.78, 5) is 24.4. The van der Waals surface area contributed by atoms with Gasteiger partial charge in [-0.3, -0.25) is 9.59 Å². The number of carbonyl (C=O) groups excluding carboxylic acids is 1. The van der Waals surface area contributed by atoms with Crippen LogP contribution in [0.5, 0.6) is 0 Å². The number of carboxylic acids is 1. The van der Waals surface area contributed by atoms with E-state index in [-0.39, 0.29) is 20.9 Å². The fraction of sp³-hybridized carbons (Fsp3) is 0.579. The van der Waals surface area contributed by atoms with E-state index in [1.165, 1.54) is 25.2 Å². The highest BCUT2D eigenvalue weighted by Crippen LogP contribution is 2.28. The van der Waals surface area contributed by atoms with Gasteiger partial charge in [0.15, 0.2) is 0 Å². The van der Waals surface area contributed by atoms with Gasteiger partial charge in [0.05, 0.1) is 10.8 Å². The number of sulfonamides is 1. The van der Waals surface area contributed by atoms with E-state index >= 15 is 0 Å². The molecule has 10 heteroatoms. The highest BCUT2D eigenvalue weighted by atomic mass is 35.5. The minimum Gasteiger partial charge on any atom is -0.481 e. The standard InChI is InChI=1S/C19H26Cl2N2O5S/c1-11(2)17(18(24)22-16-7-5-4-6-15(16)19(25)26)23(3)29(27,28)14-9-12(20)8-13(21)10-14/h8-11,15-17H,4-7H2,1-3H3,(H,22,24)(H,25,26)/t15-,16-,17+/m1/s1. The molecule has 0 bridgehead atoms. The number of nitrogens with zero attached hydrogens (tertiary/aromatic N) is 1. The number of amides is 1. The van der Waals surface area contributed by atoms with E-state index in [1.807, 2.05) is 0 Å². The molecule has 0 saturated heterocycles. The first kappa shape index (κ1) is 23.9. The van der Waals surface area contributed by atoms with Gasteiger partial charge in [0.1, 0.15) is 6.04 Å². The predicted octanol–water partition coefficient (Wildman–Crippen LogP) is 3.40. The molecule has 162 valence electrons. The third-order valence-corrected chi connectivity index (χ3v) is 7.47. The van der Waals surface area contributed by atoms with E-state index in [0.29, 0.717) is 12.8 Å². The second-order valence-corrected chi connectivity index (χ2v) is 10.5. The van der Waals surface area contributed by atoms with Crippen molar-refractivity contribution in [1.82, 2.24) is 9.62 Å². The molecule has 0 aromatic heterocycles. The van der Waals surface area contributed by atoms with Crippen LogP contribution in [0.3, 0.4) is 0 Å². The van der Waals surface area contributed by atoms with Gasteiger partial charge in [-0.25, -0.2) is 8.42 Å². The summed E-state index contributed by atoms with van der Waals surface area (Å²) in [5.74, 6) is -2.49. The number of benzene rings is 1. The number of carbonyl (C=O) groups is 2. The number of halogens is 2. The third-order valence-electron chi connectivity index (χ3n) is 5.22. The monoisotopic (exact) mass is 464 g/mol. The largest absolute Gasteiger partial charge is 0.481 e. The maximum atomic E-state index is 13.1. The lowest BCUT2D eigenvalue weighted by Crippen LogP contribution is -2.55. The molecular weight excluding hydrogens is 439 g/mol. The summed E-state index contributed by atoms with van der Waals surface area (Å²) < 4.78 is 27.2. The smallest absolute Gasteiger partial charge is 0.308 e. The van der Waals surface area contributed by atoms with Gasteiger partial charge in [-0.15, -0.1) is 0 Å². The van der Waals surface area contributed by atoms with Crippen molar-refractivity contribution in [2.45, 2.75) is 56.5 Å². The van der Waals surface area contributed by atoms with E-state index in [1.54, 1.807) is 13.8 Å². The molecule has 0 spiro atoms. The number of hydrogen-bond acceptors (Lipinski definition) is 4. The van der Waals surface area contributed by atoms with E-state index in [4.69, 9.17) is 23.2 Å². The normalized spacial score (nSPS) is 21.2. The first-order chi connectivity index (χ1) is 13.4. The van der Waals surface area contributed by atoms with Crippen LogP contribution in [0.25, 0.3) is 0 Å². The molecule has 0 unspecified atom stereocenters. The SMILES string of the molecule is CC(C)[C@@H](C(=O)N[C@@H]1CCCC[C@H]1C(=O)O)N(C)S(=O)(=O)c1cc(Cl)cc(Cl)c1. The summed E-state index contributed by atoms with van der Waals surface area (Å²) in [6.45, 7) is 3.47. The Labute approximate surface area is 181 Å². The van der Waals surface area contributed by atoms with Gasteiger partial charge >= 0.3 is 5.97 Å². The fourth-order valence-corrected chi connectivity index (χ4v) is 5.93. The van der Waals surface area contributed by atoms with Crippen LogP contribution in [0, 0.1) is 11.8 Å². The van der Waals surface area contributed by atoms with E-state index < -0.39 is 39.9 Å². The molecule has 1 aliphatic carbocycles. The second-order valence-electron chi connectivity index (χ2n) is 7.66. The van der Waals surface area contributed by atoms with Crippen LogP contribution >= 0.6 is 23.2 Å². The van der Waals surface area contributed by atoms with Crippen molar-refractivity contribution in [3.8, 4) is 0 Å². The Kier molecular flexibility index (Phi) is 7.95. The Balaban J connectivity index is 2.29. The zero-order valence-corrected chi connectivity index (χ0v) is 18.9. The molecule has 0 radical (unpaired) electrons. The highest BCUT2D eigenvalue weighted by Gasteiger charge is 2.38. The van der Waals surface area contributed by atoms with Crippen LogP contribution < -0.4 is 5.32 Å². The lowest BCUT2D eigenvalue weighted by atomic mass is 9.84. The lowest BCUT2D eigenvalue weighted by molar-refractivity contribution is -0.144. The molecule has 0 heterocycles. The van der Waals surface area contributed by atoms with Crippen LogP contribution in [0.1, 0.15) is 39.5 Å². The molecule has 1 aromatic carbocycles. The van der Waals surface area contributed by atoms with Crippen molar-refractivity contribution < 1.29 is 23.1 Å². The van der Waals surface area contributed by atoms with Crippen LogP contribution in [0.2, 0.25) is 10.0 Å². The zero-order chi connectivity index (χ0) is 21.9. The van der Waals surface area contributed by atoms with Gasteiger partial charge in [-0.2, -0.15) is 4.31 Å². The Hall–Kier alpha value is -1.35. The maximum absolute atomic E-state index is 13.1. The third kappa shape index (κ3) is 5.63. The Morgan fingerprint density at radius 2 is 1.69 bits per heavy atom. The molecule has 1 aliphatic rings. The highest BCUT2D eigenvalue weighted by molar-refractivity contribution is 7.89. The number of rotatable bonds is 7. The van der Waals surface area contributed by atoms with Crippen molar-refractivity contribution in [2.75, 3.05) is 7.05 Å². The molecule has 2 N–H and O–H groups in total. The Bertz CT molecular complexity index is 855. The van der Waals surface area contributed by atoms with Gasteiger partial charge in [-0.05, 0) is 37.0 Å². The fourth-order valence-electron chi connectivity index (χ4n) is 3.75. The average Bonchev–Trinajstić information content (AvgIpc) is 2.60. The lowest BCUT2D eigenvalue weighted by Gasteiger charge is -2.34. The molecule has 29 heavy (non-hydrogen) atoms. The number of nitrogens with one attached hydrogen (secondary N) is 1. The molecule has 1 saturated carbocycles. The van der Waals surface area contributed by atoms with Crippen LogP contribution in [-0.4, -0.2) is 48.8 Å².